The number of carbonyl (C=O) groups is 1. The molecule has 0 aromatic heterocycles. The van der Waals surface area contributed by atoms with Crippen LogP contribution in [0.25, 0.3) is 10.8 Å². The Balaban J connectivity index is 1.96. The van der Waals surface area contributed by atoms with Gasteiger partial charge in [0.05, 0.1) is 18.1 Å². The maximum Gasteiger partial charge on any atom is 0.257 e. The molecule has 0 aliphatic heterocycles. The molecule has 0 spiro atoms. The number of hydrogen-bond donors (Lipinski definition) is 1. The largest absolute Gasteiger partial charge is 0.506 e. The lowest BCUT2D eigenvalue weighted by Gasteiger charge is -2.22. The van der Waals surface area contributed by atoms with Gasteiger partial charge in [-0.1, -0.05) is 30.3 Å². The standard InChI is InChI=1S/C17H16N2O2/c18-10-3-11-19(13-7-8-13)17(21)15-9-6-12-4-1-2-5-14(12)16(15)20/h1-2,4-6,9,13,20H,3,7-8,11H2. The fourth-order valence-electron chi connectivity index (χ4n) is 2.59. The van der Waals surface area contributed by atoms with Crippen LogP contribution in [0.2, 0.25) is 0 Å². The average Bonchev–Trinajstić information content (AvgIpc) is 3.33. The minimum Gasteiger partial charge on any atom is -0.506 e. The molecule has 1 N–H and O–H groups in total. The van der Waals surface area contributed by atoms with Crippen LogP contribution < -0.4 is 0 Å². The number of nitriles is 1. The Labute approximate surface area is 123 Å². The van der Waals surface area contributed by atoms with Gasteiger partial charge in [0, 0.05) is 18.0 Å². The lowest BCUT2D eigenvalue weighted by molar-refractivity contribution is 0.0744. The first-order valence-corrected chi connectivity index (χ1v) is 7.11. The summed E-state index contributed by atoms with van der Waals surface area (Å²) in [6.07, 6.45) is 2.27. The van der Waals surface area contributed by atoms with E-state index in [9.17, 15) is 9.90 Å². The van der Waals surface area contributed by atoms with Crippen LogP contribution in [0.3, 0.4) is 0 Å². The summed E-state index contributed by atoms with van der Waals surface area (Å²) in [7, 11) is 0. The van der Waals surface area contributed by atoms with E-state index in [2.05, 4.69) is 6.07 Å². The Morgan fingerprint density at radius 3 is 2.76 bits per heavy atom. The number of benzene rings is 2. The Bertz CT molecular complexity index is 729. The van der Waals surface area contributed by atoms with E-state index in [-0.39, 0.29) is 17.7 Å². The molecule has 1 fully saturated rings. The van der Waals surface area contributed by atoms with Crippen LogP contribution in [0.15, 0.2) is 36.4 Å². The smallest absolute Gasteiger partial charge is 0.257 e. The summed E-state index contributed by atoms with van der Waals surface area (Å²) in [4.78, 5) is 14.4. The first-order valence-electron chi connectivity index (χ1n) is 7.11. The molecule has 2 aromatic carbocycles. The van der Waals surface area contributed by atoms with Crippen molar-refractivity contribution in [2.45, 2.75) is 25.3 Å². The second-order valence-electron chi connectivity index (χ2n) is 5.32. The van der Waals surface area contributed by atoms with Crippen LogP contribution in [-0.2, 0) is 0 Å². The third kappa shape index (κ3) is 2.55. The van der Waals surface area contributed by atoms with E-state index in [0.717, 1.165) is 18.2 Å². The first-order chi connectivity index (χ1) is 10.2. The number of aromatic hydroxyl groups is 1. The van der Waals surface area contributed by atoms with Gasteiger partial charge in [-0.15, -0.1) is 0 Å². The molecule has 2 aromatic rings. The highest BCUT2D eigenvalue weighted by Gasteiger charge is 2.33. The number of amides is 1. The van der Waals surface area contributed by atoms with Gasteiger partial charge in [0.25, 0.3) is 5.91 Å². The highest BCUT2D eigenvalue weighted by Crippen LogP contribution is 2.33. The molecular weight excluding hydrogens is 264 g/mol. The summed E-state index contributed by atoms with van der Waals surface area (Å²) in [5.41, 5.74) is 0.318. The number of fused-ring (bicyclic) bond motifs is 1. The number of rotatable bonds is 4. The number of phenols is 1. The van der Waals surface area contributed by atoms with Crippen molar-refractivity contribution in [1.29, 1.82) is 5.26 Å². The summed E-state index contributed by atoms with van der Waals surface area (Å²) in [5.74, 6) is -0.156. The average molecular weight is 280 g/mol. The Kier molecular flexibility index (Phi) is 3.49. The fraction of sp³-hybridized carbons (Fsp3) is 0.294. The molecule has 106 valence electrons. The van der Waals surface area contributed by atoms with Crippen molar-refractivity contribution in [2.75, 3.05) is 6.54 Å². The lowest BCUT2D eigenvalue weighted by Crippen LogP contribution is -2.34. The molecule has 0 unspecified atom stereocenters. The molecule has 1 aliphatic rings. The third-order valence-corrected chi connectivity index (χ3v) is 3.84. The highest BCUT2D eigenvalue weighted by molar-refractivity contribution is 6.03. The number of phenolic OH excluding ortho intramolecular Hbond substituents is 1. The van der Waals surface area contributed by atoms with Gasteiger partial charge < -0.3 is 10.0 Å². The molecule has 3 rings (SSSR count). The second-order valence-corrected chi connectivity index (χ2v) is 5.32. The molecule has 0 radical (unpaired) electrons. The molecule has 1 saturated carbocycles. The van der Waals surface area contributed by atoms with E-state index in [1.165, 1.54) is 0 Å². The Morgan fingerprint density at radius 2 is 2.05 bits per heavy atom. The molecule has 1 aliphatic carbocycles. The van der Waals surface area contributed by atoms with Crippen LogP contribution in [0.1, 0.15) is 29.6 Å². The second kappa shape index (κ2) is 5.45. The van der Waals surface area contributed by atoms with Crippen molar-refractivity contribution >= 4 is 16.7 Å². The highest BCUT2D eigenvalue weighted by atomic mass is 16.3. The van der Waals surface area contributed by atoms with Crippen LogP contribution in [0, 0.1) is 11.3 Å². The van der Waals surface area contributed by atoms with E-state index in [1.807, 2.05) is 24.3 Å². The number of nitrogens with zero attached hydrogens (tertiary/aromatic N) is 2. The maximum absolute atomic E-state index is 12.7. The fourth-order valence-corrected chi connectivity index (χ4v) is 2.59. The van der Waals surface area contributed by atoms with Crippen molar-refractivity contribution in [2.24, 2.45) is 0 Å². The Morgan fingerprint density at radius 1 is 1.29 bits per heavy atom. The monoisotopic (exact) mass is 280 g/mol. The predicted octanol–water partition coefficient (Wildman–Crippen LogP) is 3.06. The summed E-state index contributed by atoms with van der Waals surface area (Å²) >= 11 is 0. The zero-order valence-corrected chi connectivity index (χ0v) is 11.6. The maximum atomic E-state index is 12.7. The zero-order chi connectivity index (χ0) is 14.8. The van der Waals surface area contributed by atoms with Gasteiger partial charge in [0.2, 0.25) is 0 Å². The van der Waals surface area contributed by atoms with Crippen LogP contribution >= 0.6 is 0 Å². The predicted molar refractivity (Wildman–Crippen MR) is 79.9 cm³/mol. The summed E-state index contributed by atoms with van der Waals surface area (Å²) in [6, 6.07) is 13.2. The lowest BCUT2D eigenvalue weighted by atomic mass is 10.0. The molecular formula is C17H16N2O2. The minimum atomic E-state index is -0.184. The summed E-state index contributed by atoms with van der Waals surface area (Å²) in [5, 5.41) is 20.7. The molecule has 0 heterocycles. The van der Waals surface area contributed by atoms with Crippen molar-refractivity contribution < 1.29 is 9.90 Å². The summed E-state index contributed by atoms with van der Waals surface area (Å²) in [6.45, 7) is 0.423. The molecule has 4 heteroatoms. The van der Waals surface area contributed by atoms with Gasteiger partial charge >= 0.3 is 0 Å². The topological polar surface area (TPSA) is 64.3 Å². The van der Waals surface area contributed by atoms with Gasteiger partial charge in [-0.25, -0.2) is 0 Å². The van der Waals surface area contributed by atoms with Crippen molar-refractivity contribution in [3.8, 4) is 11.8 Å². The molecule has 21 heavy (non-hydrogen) atoms. The molecule has 0 saturated heterocycles. The van der Waals surface area contributed by atoms with Gasteiger partial charge in [0.15, 0.2) is 0 Å². The van der Waals surface area contributed by atoms with Crippen LogP contribution in [0.4, 0.5) is 0 Å². The van der Waals surface area contributed by atoms with Gasteiger partial charge in [-0.05, 0) is 24.3 Å². The van der Waals surface area contributed by atoms with Crippen molar-refractivity contribution in [3.63, 3.8) is 0 Å². The van der Waals surface area contributed by atoms with Crippen LogP contribution in [0.5, 0.6) is 5.75 Å². The molecule has 1 amide bonds. The van der Waals surface area contributed by atoms with E-state index >= 15 is 0 Å². The quantitative estimate of drug-likeness (QED) is 0.936. The van der Waals surface area contributed by atoms with E-state index in [0.29, 0.717) is 23.9 Å². The van der Waals surface area contributed by atoms with Crippen molar-refractivity contribution in [1.82, 2.24) is 4.90 Å². The number of carbonyl (C=O) groups excluding carboxylic acids is 1. The SMILES string of the molecule is N#CCCN(C(=O)c1ccc2ccccc2c1O)C1CC1. The third-order valence-electron chi connectivity index (χ3n) is 3.84. The minimum absolute atomic E-state index is 0.0284. The molecule has 4 nitrogen and oxygen atoms in total. The van der Waals surface area contributed by atoms with E-state index in [1.54, 1.807) is 17.0 Å². The van der Waals surface area contributed by atoms with Gasteiger partial charge in [-0.2, -0.15) is 5.26 Å². The van der Waals surface area contributed by atoms with E-state index in [4.69, 9.17) is 5.26 Å². The van der Waals surface area contributed by atoms with Crippen molar-refractivity contribution in [3.05, 3.63) is 42.0 Å². The molecule has 0 atom stereocenters. The first kappa shape index (κ1) is 13.4. The summed E-state index contributed by atoms with van der Waals surface area (Å²) < 4.78 is 0. The van der Waals surface area contributed by atoms with Gasteiger partial charge in [-0.3, -0.25) is 4.79 Å². The normalized spacial score (nSPS) is 13.9. The van der Waals surface area contributed by atoms with Crippen LogP contribution in [-0.4, -0.2) is 28.5 Å². The Hall–Kier alpha value is -2.54. The number of hydrogen-bond acceptors (Lipinski definition) is 3. The zero-order valence-electron chi connectivity index (χ0n) is 11.6. The molecule has 0 bridgehead atoms. The van der Waals surface area contributed by atoms with E-state index < -0.39 is 0 Å². The van der Waals surface area contributed by atoms with Gasteiger partial charge in [0.1, 0.15) is 5.75 Å².